The lowest BCUT2D eigenvalue weighted by atomic mass is 10.1. The predicted molar refractivity (Wildman–Crippen MR) is 81.9 cm³/mol. The number of carbonyl (C=O) groups is 1. The number of amides is 1. The Kier molecular flexibility index (Phi) is 5.60. The monoisotopic (exact) mass is 284 g/mol. The van der Waals surface area contributed by atoms with Gasteiger partial charge in [0.15, 0.2) is 5.13 Å². The maximum Gasteiger partial charge on any atom is 0.265 e. The van der Waals surface area contributed by atoms with E-state index in [0.717, 1.165) is 18.1 Å². The number of aromatic nitrogens is 1. The number of hydrogen-bond acceptors (Lipinski definition) is 5. The molecule has 1 atom stereocenters. The molecule has 0 aliphatic carbocycles. The summed E-state index contributed by atoms with van der Waals surface area (Å²) in [7, 11) is 1.93. The largest absolute Gasteiger partial charge is 0.382 e. The number of anilines is 2. The molecule has 0 saturated carbocycles. The third kappa shape index (κ3) is 4.38. The first-order valence-corrected chi connectivity index (χ1v) is 7.45. The molecule has 108 valence electrons. The van der Waals surface area contributed by atoms with Gasteiger partial charge in [0.2, 0.25) is 0 Å². The van der Waals surface area contributed by atoms with Crippen molar-refractivity contribution in [3.05, 3.63) is 4.88 Å². The van der Waals surface area contributed by atoms with Crippen molar-refractivity contribution in [2.75, 3.05) is 24.2 Å². The Morgan fingerprint density at radius 3 is 2.63 bits per heavy atom. The second-order valence-electron chi connectivity index (χ2n) is 5.23. The van der Waals surface area contributed by atoms with Gasteiger partial charge in [0.05, 0.1) is 0 Å². The van der Waals surface area contributed by atoms with Crippen LogP contribution < -0.4 is 16.0 Å². The lowest BCUT2D eigenvalue weighted by molar-refractivity contribution is 0.0941. The van der Waals surface area contributed by atoms with Gasteiger partial charge in [-0.2, -0.15) is 0 Å². The average molecular weight is 284 g/mol. The van der Waals surface area contributed by atoms with Gasteiger partial charge in [0.25, 0.3) is 5.91 Å². The minimum atomic E-state index is -0.126. The van der Waals surface area contributed by atoms with Crippen LogP contribution in [0.1, 0.15) is 43.8 Å². The van der Waals surface area contributed by atoms with Crippen molar-refractivity contribution in [2.45, 2.75) is 40.2 Å². The normalized spacial score (nSPS) is 12.5. The van der Waals surface area contributed by atoms with Gasteiger partial charge in [-0.25, -0.2) is 4.98 Å². The zero-order chi connectivity index (χ0) is 14.6. The molecule has 6 heteroatoms. The molecular formula is C13H24N4OS. The lowest BCUT2D eigenvalue weighted by Crippen LogP contribution is -2.33. The second-order valence-corrected chi connectivity index (χ2v) is 6.21. The van der Waals surface area contributed by atoms with E-state index in [4.69, 9.17) is 5.73 Å². The Balaban J connectivity index is 2.74. The first-order chi connectivity index (χ1) is 8.85. The molecule has 0 aromatic carbocycles. The van der Waals surface area contributed by atoms with Crippen molar-refractivity contribution in [2.24, 2.45) is 5.92 Å². The van der Waals surface area contributed by atoms with E-state index in [1.54, 1.807) is 0 Å². The molecule has 1 heterocycles. The van der Waals surface area contributed by atoms with Gasteiger partial charge < -0.3 is 16.0 Å². The Hall–Kier alpha value is -1.30. The van der Waals surface area contributed by atoms with Crippen molar-refractivity contribution in [3.63, 3.8) is 0 Å². The van der Waals surface area contributed by atoms with Crippen LogP contribution in [0.2, 0.25) is 0 Å². The fraction of sp³-hybridized carbons (Fsp3) is 0.692. The SMILES string of the molecule is CCN(C)c1nc(N)c(C(=O)NC(C)CC(C)C)s1. The van der Waals surface area contributed by atoms with Crippen LogP contribution in [0, 0.1) is 5.92 Å². The zero-order valence-electron chi connectivity index (χ0n) is 12.4. The molecule has 0 saturated heterocycles. The van der Waals surface area contributed by atoms with E-state index in [-0.39, 0.29) is 11.9 Å². The minimum absolute atomic E-state index is 0.126. The van der Waals surface area contributed by atoms with Crippen LogP contribution >= 0.6 is 11.3 Å². The summed E-state index contributed by atoms with van der Waals surface area (Å²) in [4.78, 5) is 18.8. The van der Waals surface area contributed by atoms with E-state index in [0.29, 0.717) is 16.6 Å². The number of nitrogens with zero attached hydrogens (tertiary/aromatic N) is 2. The molecule has 1 aromatic heterocycles. The maximum atomic E-state index is 12.1. The molecule has 5 nitrogen and oxygen atoms in total. The highest BCUT2D eigenvalue weighted by Gasteiger charge is 2.19. The summed E-state index contributed by atoms with van der Waals surface area (Å²) in [5, 5.41) is 3.75. The van der Waals surface area contributed by atoms with Gasteiger partial charge >= 0.3 is 0 Å². The summed E-state index contributed by atoms with van der Waals surface area (Å²) in [6.45, 7) is 9.14. The summed E-state index contributed by atoms with van der Waals surface area (Å²) in [5.74, 6) is 0.740. The van der Waals surface area contributed by atoms with Crippen LogP contribution in [-0.2, 0) is 0 Å². The van der Waals surface area contributed by atoms with Gasteiger partial charge in [-0.3, -0.25) is 4.79 Å². The molecule has 19 heavy (non-hydrogen) atoms. The van der Waals surface area contributed by atoms with Crippen LogP contribution in [-0.4, -0.2) is 30.5 Å². The Bertz CT molecular complexity index is 430. The fourth-order valence-corrected chi connectivity index (χ4v) is 2.75. The van der Waals surface area contributed by atoms with Crippen molar-refractivity contribution < 1.29 is 4.79 Å². The van der Waals surface area contributed by atoms with Gasteiger partial charge in [-0.1, -0.05) is 25.2 Å². The fourth-order valence-electron chi connectivity index (χ4n) is 1.84. The first kappa shape index (κ1) is 15.8. The van der Waals surface area contributed by atoms with E-state index >= 15 is 0 Å². The summed E-state index contributed by atoms with van der Waals surface area (Å²) in [6, 6.07) is 0.140. The number of hydrogen-bond donors (Lipinski definition) is 2. The topological polar surface area (TPSA) is 71.2 Å². The second kappa shape index (κ2) is 6.75. The Labute approximate surface area is 119 Å². The zero-order valence-corrected chi connectivity index (χ0v) is 13.2. The molecule has 0 aliphatic rings. The van der Waals surface area contributed by atoms with Gasteiger partial charge in [-0.05, 0) is 26.2 Å². The number of nitrogen functional groups attached to an aromatic ring is 1. The van der Waals surface area contributed by atoms with Crippen molar-refractivity contribution in [1.82, 2.24) is 10.3 Å². The van der Waals surface area contributed by atoms with Crippen molar-refractivity contribution >= 4 is 28.2 Å². The predicted octanol–water partition coefficient (Wildman–Crippen LogP) is 2.35. The molecular weight excluding hydrogens is 260 g/mol. The smallest absolute Gasteiger partial charge is 0.265 e. The van der Waals surface area contributed by atoms with Gasteiger partial charge in [0, 0.05) is 19.6 Å². The van der Waals surface area contributed by atoms with Crippen molar-refractivity contribution in [3.8, 4) is 0 Å². The average Bonchev–Trinajstić information content (AvgIpc) is 2.69. The summed E-state index contributed by atoms with van der Waals surface area (Å²) in [5.41, 5.74) is 5.82. The molecule has 0 fully saturated rings. The van der Waals surface area contributed by atoms with Crippen LogP contribution in [0.5, 0.6) is 0 Å². The highest BCUT2D eigenvalue weighted by molar-refractivity contribution is 7.18. The van der Waals surface area contributed by atoms with Gasteiger partial charge in [0.1, 0.15) is 10.7 Å². The molecule has 1 unspecified atom stereocenters. The van der Waals surface area contributed by atoms with Crippen LogP contribution in [0.4, 0.5) is 10.9 Å². The summed E-state index contributed by atoms with van der Waals surface area (Å²) < 4.78 is 0. The Morgan fingerprint density at radius 1 is 1.47 bits per heavy atom. The first-order valence-electron chi connectivity index (χ1n) is 6.63. The lowest BCUT2D eigenvalue weighted by Gasteiger charge is -2.15. The molecule has 1 rings (SSSR count). The number of rotatable bonds is 6. The Morgan fingerprint density at radius 2 is 2.11 bits per heavy atom. The van der Waals surface area contributed by atoms with Crippen LogP contribution in [0.3, 0.4) is 0 Å². The molecule has 3 N–H and O–H groups in total. The highest BCUT2D eigenvalue weighted by Crippen LogP contribution is 2.27. The van der Waals surface area contributed by atoms with E-state index < -0.39 is 0 Å². The summed E-state index contributed by atoms with van der Waals surface area (Å²) in [6.07, 6.45) is 0.951. The summed E-state index contributed by atoms with van der Waals surface area (Å²) >= 11 is 1.34. The van der Waals surface area contributed by atoms with E-state index in [1.165, 1.54) is 11.3 Å². The van der Waals surface area contributed by atoms with E-state index in [9.17, 15) is 4.79 Å². The minimum Gasteiger partial charge on any atom is -0.382 e. The highest BCUT2D eigenvalue weighted by atomic mass is 32.1. The molecule has 1 aromatic rings. The van der Waals surface area contributed by atoms with Gasteiger partial charge in [-0.15, -0.1) is 0 Å². The standard InChI is InChI=1S/C13H24N4OS/c1-6-17(5)13-16-11(14)10(19-13)12(18)15-9(4)7-8(2)3/h8-9H,6-7,14H2,1-5H3,(H,15,18). The number of nitrogens with two attached hydrogens (primary N) is 1. The van der Waals surface area contributed by atoms with Crippen LogP contribution in [0.15, 0.2) is 0 Å². The third-order valence-electron chi connectivity index (χ3n) is 2.85. The number of nitrogens with one attached hydrogen (secondary N) is 1. The molecule has 1 amide bonds. The third-order valence-corrected chi connectivity index (χ3v) is 4.04. The molecule has 0 bridgehead atoms. The van der Waals surface area contributed by atoms with E-state index in [2.05, 4.69) is 24.1 Å². The van der Waals surface area contributed by atoms with Crippen molar-refractivity contribution in [1.29, 1.82) is 0 Å². The molecule has 0 aliphatic heterocycles. The van der Waals surface area contributed by atoms with Crippen LogP contribution in [0.25, 0.3) is 0 Å². The maximum absolute atomic E-state index is 12.1. The number of carbonyl (C=O) groups excluding carboxylic acids is 1. The number of thiazole rings is 1. The molecule has 0 spiro atoms. The molecule has 0 radical (unpaired) electrons. The van der Waals surface area contributed by atoms with E-state index in [1.807, 2.05) is 25.8 Å². The quantitative estimate of drug-likeness (QED) is 0.841.